The van der Waals surface area contributed by atoms with Gasteiger partial charge >= 0.3 is 12.1 Å². The lowest BCUT2D eigenvalue weighted by atomic mass is 9.96. The zero-order valence-corrected chi connectivity index (χ0v) is 10.6. The molecule has 5 nitrogen and oxygen atoms in total. The highest BCUT2D eigenvalue weighted by atomic mass is 19.4. The normalized spacial score (nSPS) is 25.4. The van der Waals surface area contributed by atoms with Crippen molar-refractivity contribution in [3.05, 3.63) is 0 Å². The Bertz CT molecular complexity index is 358. The summed E-state index contributed by atoms with van der Waals surface area (Å²) in [7, 11) is 1.38. The van der Waals surface area contributed by atoms with Gasteiger partial charge in [0.2, 0.25) is 5.91 Å². The number of aliphatic carboxylic acids is 1. The fraction of sp³-hybridized carbons (Fsp3) is 0.818. The smallest absolute Gasteiger partial charge is 0.394 e. The first-order valence-electron chi connectivity index (χ1n) is 5.75. The molecule has 110 valence electrons. The molecule has 0 aliphatic carbocycles. The third kappa shape index (κ3) is 3.59. The molecule has 8 heteroatoms. The number of hydrogen-bond acceptors (Lipinski definition) is 3. The van der Waals surface area contributed by atoms with Gasteiger partial charge < -0.3 is 14.7 Å². The van der Waals surface area contributed by atoms with Crippen LogP contribution in [0.1, 0.15) is 6.92 Å². The van der Waals surface area contributed by atoms with Crippen LogP contribution >= 0.6 is 0 Å². The summed E-state index contributed by atoms with van der Waals surface area (Å²) in [5.74, 6) is -6.24. The standard InChI is InChI=1S/C11H16F3NO4/c1-6(5-19-2)9(16)15-3-7(10(17)18)8(4-15)11(12,13)14/h6-8H,3-5H2,1-2H3,(H,17,18)/t6?,7-,8-/m1/s1. The molecular formula is C11H16F3NO4. The molecule has 0 aromatic rings. The van der Waals surface area contributed by atoms with Crippen molar-refractivity contribution in [1.82, 2.24) is 4.90 Å². The molecule has 1 aliphatic rings. The maximum absolute atomic E-state index is 12.7. The molecule has 1 N–H and O–H groups in total. The Morgan fingerprint density at radius 1 is 1.42 bits per heavy atom. The zero-order valence-electron chi connectivity index (χ0n) is 10.6. The molecule has 0 aromatic carbocycles. The first-order chi connectivity index (χ1) is 8.68. The van der Waals surface area contributed by atoms with E-state index in [9.17, 15) is 22.8 Å². The summed E-state index contributed by atoms with van der Waals surface area (Å²) in [5, 5.41) is 8.83. The fourth-order valence-electron chi connectivity index (χ4n) is 2.20. The quantitative estimate of drug-likeness (QED) is 0.835. The van der Waals surface area contributed by atoms with Crippen molar-refractivity contribution in [3.63, 3.8) is 0 Å². The summed E-state index contributed by atoms with van der Waals surface area (Å²) in [4.78, 5) is 23.7. The number of methoxy groups -OCH3 is 1. The zero-order chi connectivity index (χ0) is 14.8. The lowest BCUT2D eigenvalue weighted by molar-refractivity contribution is -0.188. The topological polar surface area (TPSA) is 66.8 Å². The summed E-state index contributed by atoms with van der Waals surface area (Å²) >= 11 is 0. The third-order valence-corrected chi connectivity index (χ3v) is 3.21. The highest BCUT2D eigenvalue weighted by Crippen LogP contribution is 2.38. The van der Waals surface area contributed by atoms with Crippen molar-refractivity contribution < 1.29 is 32.6 Å². The van der Waals surface area contributed by atoms with Gasteiger partial charge in [-0.15, -0.1) is 0 Å². The van der Waals surface area contributed by atoms with Crippen LogP contribution < -0.4 is 0 Å². The van der Waals surface area contributed by atoms with Crippen LogP contribution in [-0.2, 0) is 14.3 Å². The second-order valence-corrected chi connectivity index (χ2v) is 4.69. The monoisotopic (exact) mass is 283 g/mol. The average molecular weight is 283 g/mol. The minimum Gasteiger partial charge on any atom is -0.481 e. The molecule has 1 amide bonds. The van der Waals surface area contributed by atoms with Crippen molar-refractivity contribution in [2.75, 3.05) is 26.8 Å². The van der Waals surface area contributed by atoms with Gasteiger partial charge in [0, 0.05) is 20.2 Å². The van der Waals surface area contributed by atoms with Gasteiger partial charge in [-0.25, -0.2) is 0 Å². The Hall–Kier alpha value is -1.31. The lowest BCUT2D eigenvalue weighted by Gasteiger charge is -2.21. The molecule has 1 heterocycles. The largest absolute Gasteiger partial charge is 0.481 e. The summed E-state index contributed by atoms with van der Waals surface area (Å²) in [5.41, 5.74) is 0. The maximum Gasteiger partial charge on any atom is 0.394 e. The second-order valence-electron chi connectivity index (χ2n) is 4.69. The van der Waals surface area contributed by atoms with Gasteiger partial charge in [0.25, 0.3) is 0 Å². The van der Waals surface area contributed by atoms with Gasteiger partial charge in [0.15, 0.2) is 0 Å². The first kappa shape index (κ1) is 15.7. The Balaban J connectivity index is 2.81. The number of rotatable bonds is 4. The van der Waals surface area contributed by atoms with Crippen molar-refractivity contribution in [3.8, 4) is 0 Å². The molecule has 0 radical (unpaired) electrons. The summed E-state index contributed by atoms with van der Waals surface area (Å²) in [6.07, 6.45) is -4.62. The Morgan fingerprint density at radius 2 is 2.00 bits per heavy atom. The average Bonchev–Trinajstić information content (AvgIpc) is 2.72. The van der Waals surface area contributed by atoms with Crippen LogP contribution in [0, 0.1) is 17.8 Å². The first-order valence-corrected chi connectivity index (χ1v) is 5.75. The van der Waals surface area contributed by atoms with Gasteiger partial charge in [-0.3, -0.25) is 9.59 Å². The van der Waals surface area contributed by atoms with Gasteiger partial charge in [-0.05, 0) is 0 Å². The second kappa shape index (κ2) is 5.77. The molecule has 1 rings (SSSR count). The molecule has 1 saturated heterocycles. The van der Waals surface area contributed by atoms with Gasteiger partial charge in [0.1, 0.15) is 0 Å². The van der Waals surface area contributed by atoms with Crippen LogP contribution in [0.2, 0.25) is 0 Å². The summed E-state index contributed by atoms with van der Waals surface area (Å²) < 4.78 is 43.0. The van der Waals surface area contributed by atoms with Crippen LogP contribution in [0.5, 0.6) is 0 Å². The number of carbonyl (C=O) groups is 2. The number of carbonyl (C=O) groups excluding carboxylic acids is 1. The predicted octanol–water partition coefficient (Wildman–Crippen LogP) is 0.990. The van der Waals surface area contributed by atoms with Crippen LogP contribution in [0.4, 0.5) is 13.2 Å². The van der Waals surface area contributed by atoms with Gasteiger partial charge in [0.05, 0.1) is 24.4 Å². The van der Waals surface area contributed by atoms with E-state index < -0.39 is 48.9 Å². The maximum atomic E-state index is 12.7. The fourth-order valence-corrected chi connectivity index (χ4v) is 2.20. The molecule has 1 fully saturated rings. The molecule has 0 spiro atoms. The van der Waals surface area contributed by atoms with E-state index >= 15 is 0 Å². The van der Waals surface area contributed by atoms with Gasteiger partial charge in [-0.2, -0.15) is 13.2 Å². The van der Waals surface area contributed by atoms with E-state index in [1.54, 1.807) is 0 Å². The van der Waals surface area contributed by atoms with Crippen molar-refractivity contribution in [1.29, 1.82) is 0 Å². The van der Waals surface area contributed by atoms with Crippen molar-refractivity contribution in [2.45, 2.75) is 13.1 Å². The van der Waals surface area contributed by atoms with Gasteiger partial charge in [-0.1, -0.05) is 6.92 Å². The van der Waals surface area contributed by atoms with E-state index in [0.29, 0.717) is 0 Å². The number of carboxylic acids is 1. The number of hydrogen-bond donors (Lipinski definition) is 1. The highest BCUT2D eigenvalue weighted by molar-refractivity contribution is 5.80. The Labute approximate surface area is 108 Å². The van der Waals surface area contributed by atoms with Crippen molar-refractivity contribution in [2.24, 2.45) is 17.8 Å². The van der Waals surface area contributed by atoms with E-state index in [1.165, 1.54) is 14.0 Å². The molecule has 0 bridgehead atoms. The van der Waals surface area contributed by atoms with Crippen LogP contribution in [0.15, 0.2) is 0 Å². The number of ether oxygens (including phenoxy) is 1. The Morgan fingerprint density at radius 3 is 2.37 bits per heavy atom. The lowest BCUT2D eigenvalue weighted by Crippen LogP contribution is -2.36. The van der Waals surface area contributed by atoms with E-state index in [2.05, 4.69) is 0 Å². The number of carboxylic acid groups (broad SMARTS) is 1. The Kier molecular flexibility index (Phi) is 4.78. The molecule has 3 atom stereocenters. The van der Waals surface area contributed by atoms with Crippen LogP contribution in [-0.4, -0.2) is 54.9 Å². The number of amides is 1. The predicted molar refractivity (Wildman–Crippen MR) is 58.3 cm³/mol. The molecule has 1 unspecified atom stereocenters. The van der Waals surface area contributed by atoms with Crippen LogP contribution in [0.25, 0.3) is 0 Å². The molecular weight excluding hydrogens is 267 g/mol. The van der Waals surface area contributed by atoms with E-state index in [4.69, 9.17) is 9.84 Å². The number of likely N-dealkylation sites (tertiary alicyclic amines) is 1. The summed E-state index contributed by atoms with van der Waals surface area (Å²) in [6.45, 7) is 0.603. The van der Waals surface area contributed by atoms with E-state index in [1.807, 2.05) is 0 Å². The number of nitrogens with zero attached hydrogens (tertiary/aromatic N) is 1. The minimum atomic E-state index is -4.62. The molecule has 0 saturated carbocycles. The van der Waals surface area contributed by atoms with Crippen molar-refractivity contribution >= 4 is 11.9 Å². The number of alkyl halides is 3. The summed E-state index contributed by atoms with van der Waals surface area (Å²) in [6, 6.07) is 0. The van der Waals surface area contributed by atoms with Crippen LogP contribution in [0.3, 0.4) is 0 Å². The molecule has 1 aliphatic heterocycles. The minimum absolute atomic E-state index is 0.0871. The number of halogens is 3. The highest BCUT2D eigenvalue weighted by Gasteiger charge is 2.53. The van der Waals surface area contributed by atoms with E-state index in [-0.39, 0.29) is 6.61 Å². The molecule has 0 aromatic heterocycles. The third-order valence-electron chi connectivity index (χ3n) is 3.21. The SMILES string of the molecule is COCC(C)C(=O)N1C[C@@H](C(F)(F)F)[C@H](C(=O)O)C1. The van der Waals surface area contributed by atoms with E-state index in [0.717, 1.165) is 4.90 Å². The molecule has 19 heavy (non-hydrogen) atoms.